The van der Waals surface area contributed by atoms with Crippen LogP contribution in [0.25, 0.3) is 0 Å². The molecule has 1 aliphatic rings. The van der Waals surface area contributed by atoms with Crippen molar-refractivity contribution in [1.82, 2.24) is 10.6 Å². The van der Waals surface area contributed by atoms with Gasteiger partial charge in [0.25, 0.3) is 0 Å². The van der Waals surface area contributed by atoms with Crippen LogP contribution in [0.2, 0.25) is 0 Å². The Labute approximate surface area is 137 Å². The van der Waals surface area contributed by atoms with Crippen LogP contribution in [0, 0.1) is 0 Å². The van der Waals surface area contributed by atoms with Crippen molar-refractivity contribution in [2.75, 3.05) is 26.0 Å². The Hall–Kier alpha value is -1.04. The van der Waals surface area contributed by atoms with Crippen molar-refractivity contribution in [3.8, 4) is 0 Å². The molecule has 1 amide bonds. The average Bonchev–Trinajstić information content (AvgIpc) is 2.56. The molecular formula is C17H26N2O2S. The molecule has 122 valence electrons. The molecule has 0 unspecified atom stereocenters. The van der Waals surface area contributed by atoms with Gasteiger partial charge in [-0.2, -0.15) is 0 Å². The van der Waals surface area contributed by atoms with Gasteiger partial charge in [-0.15, -0.1) is 11.8 Å². The van der Waals surface area contributed by atoms with E-state index in [0.29, 0.717) is 0 Å². The number of rotatable bonds is 7. The minimum Gasteiger partial charge on any atom is -0.384 e. The lowest BCUT2D eigenvalue weighted by molar-refractivity contribution is -0.124. The second kappa shape index (κ2) is 9.18. The first-order valence-electron chi connectivity index (χ1n) is 7.96. The molecular weight excluding hydrogens is 296 g/mol. The van der Waals surface area contributed by atoms with E-state index in [-0.39, 0.29) is 18.0 Å². The predicted molar refractivity (Wildman–Crippen MR) is 91.2 cm³/mol. The maximum absolute atomic E-state index is 12.2. The van der Waals surface area contributed by atoms with E-state index in [1.165, 1.54) is 11.3 Å². The van der Waals surface area contributed by atoms with Crippen LogP contribution in [0.4, 0.5) is 0 Å². The summed E-state index contributed by atoms with van der Waals surface area (Å²) in [6.07, 6.45) is 3.24. The van der Waals surface area contributed by atoms with Gasteiger partial charge in [-0.25, -0.2) is 0 Å². The minimum atomic E-state index is -0.0277. The molecule has 0 spiro atoms. The van der Waals surface area contributed by atoms with E-state index < -0.39 is 0 Å². The second-order valence-electron chi connectivity index (χ2n) is 5.64. The van der Waals surface area contributed by atoms with Crippen LogP contribution in [0.5, 0.6) is 0 Å². The monoisotopic (exact) mass is 322 g/mol. The van der Waals surface area contributed by atoms with Crippen molar-refractivity contribution in [3.05, 3.63) is 29.8 Å². The van der Waals surface area contributed by atoms with Crippen molar-refractivity contribution in [2.24, 2.45) is 0 Å². The molecule has 0 bridgehead atoms. The van der Waals surface area contributed by atoms with Crippen LogP contribution in [0.15, 0.2) is 29.2 Å². The summed E-state index contributed by atoms with van der Waals surface area (Å²) >= 11 is 1.78. The summed E-state index contributed by atoms with van der Waals surface area (Å²) in [7, 11) is 1.72. The molecule has 4 nitrogen and oxygen atoms in total. The molecule has 1 saturated heterocycles. The highest BCUT2D eigenvalue weighted by molar-refractivity contribution is 7.99. The first-order valence-corrected chi connectivity index (χ1v) is 8.94. The van der Waals surface area contributed by atoms with Crippen LogP contribution in [0.3, 0.4) is 0 Å². The summed E-state index contributed by atoms with van der Waals surface area (Å²) < 4.78 is 5.05. The van der Waals surface area contributed by atoms with Crippen LogP contribution >= 0.6 is 11.8 Å². The fourth-order valence-electron chi connectivity index (χ4n) is 2.57. The molecule has 1 heterocycles. The van der Waals surface area contributed by atoms with E-state index >= 15 is 0 Å². The largest absolute Gasteiger partial charge is 0.384 e. The predicted octanol–water partition coefficient (Wildman–Crippen LogP) is 2.74. The Balaban J connectivity index is 1.83. The van der Waals surface area contributed by atoms with E-state index in [1.54, 1.807) is 18.9 Å². The summed E-state index contributed by atoms with van der Waals surface area (Å²) in [5.41, 5.74) is 1.14. The first kappa shape index (κ1) is 17.3. The van der Waals surface area contributed by atoms with E-state index in [1.807, 2.05) is 6.92 Å². The maximum Gasteiger partial charge on any atom is 0.237 e. The highest BCUT2D eigenvalue weighted by Gasteiger charge is 2.21. The van der Waals surface area contributed by atoms with Gasteiger partial charge in [0.05, 0.1) is 18.7 Å². The van der Waals surface area contributed by atoms with E-state index in [4.69, 9.17) is 4.74 Å². The van der Waals surface area contributed by atoms with Gasteiger partial charge in [0.1, 0.15) is 0 Å². The van der Waals surface area contributed by atoms with E-state index in [0.717, 1.165) is 37.3 Å². The lowest BCUT2D eigenvalue weighted by atomic mass is 10.0. The number of piperidine rings is 1. The number of carbonyl (C=O) groups excluding carboxylic acids is 1. The molecule has 22 heavy (non-hydrogen) atoms. The Bertz CT molecular complexity index is 458. The van der Waals surface area contributed by atoms with Crippen molar-refractivity contribution in [1.29, 1.82) is 0 Å². The Morgan fingerprint density at radius 2 is 2.18 bits per heavy atom. The van der Waals surface area contributed by atoms with Crippen molar-refractivity contribution >= 4 is 17.7 Å². The SMILES string of the molecule is COCCSc1ccc([C@@H](C)NC(=O)[C@H]2CCCCN2)cc1. The highest BCUT2D eigenvalue weighted by atomic mass is 32.2. The first-order chi connectivity index (χ1) is 10.7. The van der Waals surface area contributed by atoms with E-state index in [9.17, 15) is 4.79 Å². The van der Waals surface area contributed by atoms with Gasteiger partial charge in [0.15, 0.2) is 0 Å². The molecule has 0 aromatic heterocycles. The normalized spacial score (nSPS) is 19.6. The molecule has 0 aliphatic carbocycles. The highest BCUT2D eigenvalue weighted by Crippen LogP contribution is 2.21. The Kier molecular flexibility index (Phi) is 7.22. The zero-order chi connectivity index (χ0) is 15.8. The number of hydrogen-bond acceptors (Lipinski definition) is 4. The Morgan fingerprint density at radius 3 is 2.82 bits per heavy atom. The van der Waals surface area contributed by atoms with Crippen LogP contribution in [-0.2, 0) is 9.53 Å². The zero-order valence-electron chi connectivity index (χ0n) is 13.4. The Morgan fingerprint density at radius 1 is 1.41 bits per heavy atom. The lowest BCUT2D eigenvalue weighted by Crippen LogP contribution is -2.47. The van der Waals surface area contributed by atoms with E-state index in [2.05, 4.69) is 34.9 Å². The number of hydrogen-bond donors (Lipinski definition) is 2. The van der Waals surface area contributed by atoms with Crippen molar-refractivity contribution < 1.29 is 9.53 Å². The summed E-state index contributed by atoms with van der Waals surface area (Å²) in [5, 5.41) is 6.40. The molecule has 1 aromatic rings. The summed E-state index contributed by atoms with van der Waals surface area (Å²) in [5.74, 6) is 1.07. The number of ether oxygens (including phenoxy) is 1. The van der Waals surface area contributed by atoms with Crippen LogP contribution < -0.4 is 10.6 Å². The second-order valence-corrected chi connectivity index (χ2v) is 6.81. The molecule has 1 aromatic carbocycles. The topological polar surface area (TPSA) is 50.4 Å². The molecule has 0 saturated carbocycles. The fraction of sp³-hybridized carbons (Fsp3) is 0.588. The maximum atomic E-state index is 12.2. The zero-order valence-corrected chi connectivity index (χ0v) is 14.2. The molecule has 2 atom stereocenters. The van der Waals surface area contributed by atoms with Gasteiger partial charge in [0.2, 0.25) is 5.91 Å². The number of nitrogens with one attached hydrogen (secondary N) is 2. The molecule has 5 heteroatoms. The number of carbonyl (C=O) groups is 1. The number of methoxy groups -OCH3 is 1. The molecule has 0 radical (unpaired) electrons. The van der Waals surface area contributed by atoms with Crippen molar-refractivity contribution in [3.63, 3.8) is 0 Å². The number of amides is 1. The molecule has 2 N–H and O–H groups in total. The fourth-order valence-corrected chi connectivity index (χ4v) is 3.38. The van der Waals surface area contributed by atoms with Gasteiger partial charge in [0, 0.05) is 17.8 Å². The summed E-state index contributed by atoms with van der Waals surface area (Å²) in [6.45, 7) is 3.74. The number of benzene rings is 1. The summed E-state index contributed by atoms with van der Waals surface area (Å²) in [4.78, 5) is 13.5. The van der Waals surface area contributed by atoms with Gasteiger partial charge in [-0.3, -0.25) is 4.79 Å². The molecule has 2 rings (SSSR count). The van der Waals surface area contributed by atoms with Crippen molar-refractivity contribution in [2.45, 2.75) is 43.2 Å². The summed E-state index contributed by atoms with van der Waals surface area (Å²) in [6, 6.07) is 8.41. The van der Waals surface area contributed by atoms with Gasteiger partial charge in [-0.05, 0) is 44.0 Å². The van der Waals surface area contributed by atoms with Crippen LogP contribution in [-0.4, -0.2) is 38.0 Å². The quantitative estimate of drug-likeness (QED) is 0.599. The van der Waals surface area contributed by atoms with Crippen LogP contribution in [0.1, 0.15) is 37.8 Å². The smallest absolute Gasteiger partial charge is 0.237 e. The minimum absolute atomic E-state index is 0.0277. The van der Waals surface area contributed by atoms with Gasteiger partial charge < -0.3 is 15.4 Å². The third kappa shape index (κ3) is 5.30. The third-order valence-corrected chi connectivity index (χ3v) is 4.90. The number of thioether (sulfide) groups is 1. The lowest BCUT2D eigenvalue weighted by Gasteiger charge is -2.24. The standard InChI is InChI=1S/C17H26N2O2S/c1-13(19-17(20)16-5-3-4-10-18-16)14-6-8-15(9-7-14)22-12-11-21-2/h6-9,13,16,18H,3-5,10-12H2,1-2H3,(H,19,20)/t13-,16-/m1/s1. The molecule has 1 fully saturated rings. The average molecular weight is 322 g/mol. The van der Waals surface area contributed by atoms with Gasteiger partial charge >= 0.3 is 0 Å². The third-order valence-electron chi connectivity index (χ3n) is 3.92. The molecule has 1 aliphatic heterocycles. The van der Waals surface area contributed by atoms with Gasteiger partial charge in [-0.1, -0.05) is 18.6 Å².